The number of amides is 1. The fourth-order valence-corrected chi connectivity index (χ4v) is 2.06. The molecule has 1 heterocycles. The van der Waals surface area contributed by atoms with Gasteiger partial charge in [0.2, 0.25) is 0 Å². The van der Waals surface area contributed by atoms with Crippen LogP contribution in [0.3, 0.4) is 0 Å². The van der Waals surface area contributed by atoms with Crippen molar-refractivity contribution in [2.75, 3.05) is 13.2 Å². The molecular weight excluding hydrogens is 282 g/mol. The Kier molecular flexibility index (Phi) is 4.57. The third kappa shape index (κ3) is 4.48. The summed E-state index contributed by atoms with van der Waals surface area (Å²) in [4.78, 5) is 11.7. The van der Waals surface area contributed by atoms with Crippen molar-refractivity contribution in [3.05, 3.63) is 34.3 Å². The van der Waals surface area contributed by atoms with Gasteiger partial charge in [0, 0.05) is 16.6 Å². The van der Waals surface area contributed by atoms with Gasteiger partial charge >= 0.3 is 0 Å². The van der Waals surface area contributed by atoms with Crippen LogP contribution in [0.4, 0.5) is 0 Å². The summed E-state index contributed by atoms with van der Waals surface area (Å²) in [6, 6.07) is 7.42. The Morgan fingerprint density at radius 3 is 3.00 bits per heavy atom. The van der Waals surface area contributed by atoms with Gasteiger partial charge in [-0.25, -0.2) is 0 Å². The maximum atomic E-state index is 11.7. The quantitative estimate of drug-likeness (QED) is 0.648. The predicted octanol–water partition coefficient (Wildman–Crippen LogP) is 2.75. The van der Waals surface area contributed by atoms with Gasteiger partial charge in [-0.05, 0) is 37.5 Å². The molecule has 1 saturated heterocycles. The van der Waals surface area contributed by atoms with Crippen LogP contribution >= 0.6 is 15.9 Å². The van der Waals surface area contributed by atoms with E-state index in [4.69, 9.17) is 4.74 Å². The first-order chi connectivity index (χ1) is 8.25. The molecule has 2 rings (SSSR count). The molecule has 1 aromatic carbocycles. The van der Waals surface area contributed by atoms with Gasteiger partial charge in [-0.3, -0.25) is 4.79 Å². The molecule has 1 fully saturated rings. The lowest BCUT2D eigenvalue weighted by molar-refractivity contribution is 0.0953. The van der Waals surface area contributed by atoms with Crippen molar-refractivity contribution in [1.82, 2.24) is 5.32 Å². The van der Waals surface area contributed by atoms with Gasteiger partial charge in [0.1, 0.15) is 0 Å². The van der Waals surface area contributed by atoms with Gasteiger partial charge in [-0.1, -0.05) is 22.0 Å². The van der Waals surface area contributed by atoms with Gasteiger partial charge in [-0.15, -0.1) is 0 Å². The zero-order valence-corrected chi connectivity index (χ0v) is 11.2. The van der Waals surface area contributed by atoms with E-state index >= 15 is 0 Å². The second kappa shape index (κ2) is 6.17. The Morgan fingerprint density at radius 1 is 1.47 bits per heavy atom. The fourth-order valence-electron chi connectivity index (χ4n) is 1.67. The Morgan fingerprint density at radius 2 is 2.29 bits per heavy atom. The minimum atomic E-state index is -0.00558. The Hall–Kier alpha value is -0.870. The molecule has 0 aliphatic carbocycles. The number of hydrogen-bond acceptors (Lipinski definition) is 2. The maximum absolute atomic E-state index is 11.7. The summed E-state index contributed by atoms with van der Waals surface area (Å²) in [6.45, 7) is 1.66. The highest BCUT2D eigenvalue weighted by atomic mass is 79.9. The summed E-state index contributed by atoms with van der Waals surface area (Å²) in [7, 11) is 0. The average molecular weight is 298 g/mol. The molecule has 0 unspecified atom stereocenters. The first-order valence-corrected chi connectivity index (χ1v) is 6.70. The number of benzene rings is 1. The number of hydrogen-bond donors (Lipinski definition) is 1. The van der Waals surface area contributed by atoms with Crippen LogP contribution in [0.15, 0.2) is 28.7 Å². The molecule has 1 N–H and O–H groups in total. The third-order valence-corrected chi connectivity index (χ3v) is 3.22. The van der Waals surface area contributed by atoms with E-state index in [0.29, 0.717) is 11.7 Å². The van der Waals surface area contributed by atoms with Crippen molar-refractivity contribution in [2.45, 2.75) is 25.4 Å². The lowest BCUT2D eigenvalue weighted by atomic mass is 10.2. The molecule has 1 aliphatic heterocycles. The number of unbranched alkanes of at least 4 members (excludes halogenated alkanes) is 1. The van der Waals surface area contributed by atoms with E-state index in [-0.39, 0.29) is 5.91 Å². The van der Waals surface area contributed by atoms with Gasteiger partial charge in [0.05, 0.1) is 12.7 Å². The smallest absolute Gasteiger partial charge is 0.251 e. The van der Waals surface area contributed by atoms with Crippen molar-refractivity contribution in [3.63, 3.8) is 0 Å². The molecule has 3 nitrogen and oxygen atoms in total. The van der Waals surface area contributed by atoms with E-state index in [1.807, 2.05) is 24.3 Å². The van der Waals surface area contributed by atoms with Crippen molar-refractivity contribution in [1.29, 1.82) is 0 Å². The predicted molar refractivity (Wildman–Crippen MR) is 70.1 cm³/mol. The van der Waals surface area contributed by atoms with Crippen molar-refractivity contribution >= 4 is 21.8 Å². The molecular formula is C13H16BrNO2. The lowest BCUT2D eigenvalue weighted by Crippen LogP contribution is -2.24. The van der Waals surface area contributed by atoms with Gasteiger partial charge in [0.25, 0.3) is 5.91 Å². The highest BCUT2D eigenvalue weighted by Crippen LogP contribution is 2.16. The molecule has 0 saturated carbocycles. The number of carbonyl (C=O) groups is 1. The molecule has 0 radical (unpaired) electrons. The first kappa shape index (κ1) is 12.6. The van der Waals surface area contributed by atoms with Crippen LogP contribution in [-0.2, 0) is 4.74 Å². The average Bonchev–Trinajstić information content (AvgIpc) is 3.12. The molecule has 1 aliphatic rings. The zero-order chi connectivity index (χ0) is 12.1. The molecule has 0 spiro atoms. The van der Waals surface area contributed by atoms with Crippen molar-refractivity contribution in [2.24, 2.45) is 0 Å². The summed E-state index contributed by atoms with van der Waals surface area (Å²) in [5, 5.41) is 2.92. The SMILES string of the molecule is O=C(NCCCC[C@@H]1CO1)c1cccc(Br)c1. The Labute approximate surface area is 110 Å². The number of rotatable bonds is 6. The van der Waals surface area contributed by atoms with Crippen LogP contribution < -0.4 is 5.32 Å². The summed E-state index contributed by atoms with van der Waals surface area (Å²) < 4.78 is 6.05. The summed E-state index contributed by atoms with van der Waals surface area (Å²) in [5.41, 5.74) is 0.699. The second-order valence-corrected chi connectivity index (χ2v) is 5.13. The third-order valence-electron chi connectivity index (χ3n) is 2.73. The van der Waals surface area contributed by atoms with Gasteiger partial charge < -0.3 is 10.1 Å². The lowest BCUT2D eigenvalue weighted by Gasteiger charge is -2.05. The van der Waals surface area contributed by atoms with E-state index in [1.54, 1.807) is 0 Å². The Balaban J connectivity index is 1.65. The van der Waals surface area contributed by atoms with E-state index in [0.717, 1.165) is 36.9 Å². The van der Waals surface area contributed by atoms with E-state index in [1.165, 1.54) is 0 Å². The largest absolute Gasteiger partial charge is 0.373 e. The van der Waals surface area contributed by atoms with Crippen LogP contribution in [0.5, 0.6) is 0 Å². The van der Waals surface area contributed by atoms with Crippen molar-refractivity contribution in [3.8, 4) is 0 Å². The Bertz CT molecular complexity index is 391. The fraction of sp³-hybridized carbons (Fsp3) is 0.462. The van der Waals surface area contributed by atoms with Crippen LogP contribution in [0.25, 0.3) is 0 Å². The number of carbonyl (C=O) groups excluding carboxylic acids is 1. The first-order valence-electron chi connectivity index (χ1n) is 5.91. The van der Waals surface area contributed by atoms with Crippen LogP contribution in [-0.4, -0.2) is 25.2 Å². The summed E-state index contributed by atoms with van der Waals surface area (Å²) in [5.74, 6) is -0.00558. The second-order valence-electron chi connectivity index (χ2n) is 4.22. The molecule has 1 amide bonds. The van der Waals surface area contributed by atoms with Crippen LogP contribution in [0.1, 0.15) is 29.6 Å². The van der Waals surface area contributed by atoms with E-state index in [2.05, 4.69) is 21.2 Å². The van der Waals surface area contributed by atoms with Gasteiger partial charge in [0.15, 0.2) is 0 Å². The highest BCUT2D eigenvalue weighted by Gasteiger charge is 2.20. The monoisotopic (exact) mass is 297 g/mol. The minimum Gasteiger partial charge on any atom is -0.373 e. The molecule has 17 heavy (non-hydrogen) atoms. The molecule has 4 heteroatoms. The topological polar surface area (TPSA) is 41.6 Å². The number of epoxide rings is 1. The van der Waals surface area contributed by atoms with E-state index in [9.17, 15) is 4.79 Å². The highest BCUT2D eigenvalue weighted by molar-refractivity contribution is 9.10. The van der Waals surface area contributed by atoms with Crippen LogP contribution in [0, 0.1) is 0 Å². The van der Waals surface area contributed by atoms with E-state index < -0.39 is 0 Å². The maximum Gasteiger partial charge on any atom is 0.251 e. The molecule has 1 aromatic rings. The zero-order valence-electron chi connectivity index (χ0n) is 9.62. The molecule has 1 atom stereocenters. The normalized spacial score (nSPS) is 17.8. The van der Waals surface area contributed by atoms with Gasteiger partial charge in [-0.2, -0.15) is 0 Å². The summed E-state index contributed by atoms with van der Waals surface area (Å²) in [6.07, 6.45) is 3.74. The number of ether oxygens (including phenoxy) is 1. The molecule has 0 bridgehead atoms. The summed E-state index contributed by atoms with van der Waals surface area (Å²) >= 11 is 3.35. The molecule has 0 aromatic heterocycles. The number of nitrogens with one attached hydrogen (secondary N) is 1. The minimum absolute atomic E-state index is 0.00558. The van der Waals surface area contributed by atoms with Crippen LogP contribution in [0.2, 0.25) is 0 Å². The number of halogens is 1. The molecule has 92 valence electrons. The standard InChI is InChI=1S/C13H16BrNO2/c14-11-5-3-4-10(8-11)13(16)15-7-2-1-6-12-9-17-12/h3-5,8,12H,1-2,6-7,9H2,(H,15,16)/t12-/m1/s1. The van der Waals surface area contributed by atoms with Crippen molar-refractivity contribution < 1.29 is 9.53 Å².